The van der Waals surface area contributed by atoms with Crippen molar-refractivity contribution < 1.29 is 0 Å². The molecule has 72 valence electrons. The van der Waals surface area contributed by atoms with Gasteiger partial charge in [-0.25, -0.2) is 0 Å². The van der Waals surface area contributed by atoms with Gasteiger partial charge in [-0.2, -0.15) is 0 Å². The summed E-state index contributed by atoms with van der Waals surface area (Å²) in [6.07, 6.45) is 0. The third-order valence-corrected chi connectivity index (χ3v) is 4.23. The second-order valence-electron chi connectivity index (χ2n) is 4.66. The molecule has 0 bridgehead atoms. The summed E-state index contributed by atoms with van der Waals surface area (Å²) in [7, 11) is 3.04. The molecule has 0 radical (unpaired) electrons. The number of para-hydroxylation sites is 1. The van der Waals surface area contributed by atoms with Crippen molar-refractivity contribution >= 4 is 18.9 Å². The predicted octanol–water partition coefficient (Wildman–Crippen LogP) is 2.30. The van der Waals surface area contributed by atoms with Gasteiger partial charge in [0.1, 0.15) is 0 Å². The van der Waals surface area contributed by atoms with E-state index >= 15 is 0 Å². The highest BCUT2D eigenvalue weighted by molar-refractivity contribution is 6.89. The Hall–Kier alpha value is -0.763. The van der Waals surface area contributed by atoms with Crippen LogP contribution in [-0.4, -0.2) is 22.2 Å². The van der Waals surface area contributed by atoms with Gasteiger partial charge in [-0.3, -0.25) is 0 Å². The van der Waals surface area contributed by atoms with Crippen LogP contribution in [0, 0.1) is 0 Å². The van der Waals surface area contributed by atoms with Crippen molar-refractivity contribution in [3.8, 4) is 0 Å². The van der Waals surface area contributed by atoms with Gasteiger partial charge >= 0.3 is 0 Å². The number of rotatable bonds is 2. The fourth-order valence-corrected chi connectivity index (χ4v) is 3.17. The van der Waals surface area contributed by atoms with E-state index in [0.29, 0.717) is 0 Å². The van der Waals surface area contributed by atoms with E-state index in [1.807, 2.05) is 0 Å². The number of hydrogen-bond donors (Lipinski definition) is 0. The molecule has 1 aromatic rings. The first-order valence-electron chi connectivity index (χ1n) is 4.70. The Labute approximate surface area is 82.4 Å². The molecule has 0 saturated heterocycles. The Morgan fingerprint density at radius 3 is 1.92 bits per heavy atom. The fourth-order valence-electron chi connectivity index (χ4n) is 1.50. The molecule has 0 aliphatic rings. The van der Waals surface area contributed by atoms with E-state index in [2.05, 4.69) is 62.9 Å². The molecule has 0 fully saturated rings. The van der Waals surface area contributed by atoms with Gasteiger partial charge in [0.05, 0.1) is 8.07 Å². The monoisotopic (exact) mass is 193 g/mol. The first-order chi connectivity index (χ1) is 5.93. The van der Waals surface area contributed by atoms with Crippen molar-refractivity contribution in [2.75, 3.05) is 19.0 Å². The van der Waals surface area contributed by atoms with Crippen LogP contribution in [0.15, 0.2) is 24.3 Å². The quantitative estimate of drug-likeness (QED) is 0.652. The fraction of sp³-hybridized carbons (Fsp3) is 0.455. The lowest BCUT2D eigenvalue weighted by Crippen LogP contribution is -2.40. The molecule has 0 aliphatic carbocycles. The summed E-state index contributed by atoms with van der Waals surface area (Å²) in [6, 6.07) is 8.72. The molecule has 13 heavy (non-hydrogen) atoms. The van der Waals surface area contributed by atoms with Crippen LogP contribution in [0.5, 0.6) is 0 Å². The topological polar surface area (TPSA) is 3.24 Å². The molecule has 0 saturated carbocycles. The molecule has 0 heterocycles. The molecule has 2 heteroatoms. The molecular weight excluding hydrogens is 174 g/mol. The normalized spacial score (nSPS) is 11.5. The Kier molecular flexibility index (Phi) is 2.81. The molecule has 1 aromatic carbocycles. The average molecular weight is 193 g/mol. The average Bonchev–Trinajstić information content (AvgIpc) is 2.03. The van der Waals surface area contributed by atoms with Crippen molar-refractivity contribution in [2.24, 2.45) is 0 Å². The minimum Gasteiger partial charge on any atom is -0.378 e. The molecular formula is C11H19NSi. The summed E-state index contributed by atoms with van der Waals surface area (Å²) < 4.78 is 0. The summed E-state index contributed by atoms with van der Waals surface area (Å²) in [5.41, 5.74) is 1.38. The Morgan fingerprint density at radius 1 is 1.00 bits per heavy atom. The van der Waals surface area contributed by atoms with Crippen LogP contribution in [0.1, 0.15) is 0 Å². The Morgan fingerprint density at radius 2 is 1.54 bits per heavy atom. The third-order valence-electron chi connectivity index (χ3n) is 2.19. The smallest absolute Gasteiger partial charge is 0.0803 e. The van der Waals surface area contributed by atoms with Crippen molar-refractivity contribution in [1.29, 1.82) is 0 Å². The molecule has 0 amide bonds. The highest BCUT2D eigenvalue weighted by Crippen LogP contribution is 2.13. The van der Waals surface area contributed by atoms with Crippen LogP contribution in [-0.2, 0) is 0 Å². The molecule has 0 spiro atoms. The molecule has 0 aliphatic heterocycles. The lowest BCUT2D eigenvalue weighted by atomic mass is 10.3. The maximum atomic E-state index is 2.38. The Bertz CT molecular complexity index is 286. The van der Waals surface area contributed by atoms with Gasteiger partial charge in [-0.15, -0.1) is 0 Å². The van der Waals surface area contributed by atoms with Crippen LogP contribution >= 0.6 is 0 Å². The zero-order chi connectivity index (χ0) is 10.1. The van der Waals surface area contributed by atoms with Gasteiger partial charge in [0.2, 0.25) is 0 Å². The zero-order valence-corrected chi connectivity index (χ0v) is 10.3. The highest BCUT2D eigenvalue weighted by atomic mass is 28.3. The van der Waals surface area contributed by atoms with Crippen LogP contribution in [0.25, 0.3) is 0 Å². The standard InChI is InChI=1S/C11H19NSi/c1-12(2)10-8-6-7-9-11(10)13(3,4)5/h6-9H,1-5H3. The Balaban J connectivity index is 3.20. The SMILES string of the molecule is CN(C)c1ccccc1[Si](C)(C)C. The van der Waals surface area contributed by atoms with E-state index in [9.17, 15) is 0 Å². The molecule has 1 rings (SSSR count). The van der Waals surface area contributed by atoms with Crippen LogP contribution in [0.3, 0.4) is 0 Å². The molecule has 0 atom stereocenters. The number of nitrogens with zero attached hydrogens (tertiary/aromatic N) is 1. The minimum atomic E-state index is -1.18. The lowest BCUT2D eigenvalue weighted by molar-refractivity contribution is 1.14. The maximum absolute atomic E-state index is 2.38. The van der Waals surface area contributed by atoms with Crippen molar-refractivity contribution in [3.63, 3.8) is 0 Å². The summed E-state index contributed by atoms with van der Waals surface area (Å²) in [5, 5.41) is 1.54. The van der Waals surface area contributed by atoms with Gasteiger partial charge in [-0.05, 0) is 11.3 Å². The zero-order valence-electron chi connectivity index (χ0n) is 9.26. The molecule has 1 nitrogen and oxygen atoms in total. The van der Waals surface area contributed by atoms with Crippen LogP contribution in [0.4, 0.5) is 5.69 Å². The van der Waals surface area contributed by atoms with E-state index in [4.69, 9.17) is 0 Å². The predicted molar refractivity (Wildman–Crippen MR) is 63.7 cm³/mol. The number of hydrogen-bond acceptors (Lipinski definition) is 1. The largest absolute Gasteiger partial charge is 0.378 e. The second kappa shape index (κ2) is 3.54. The summed E-state index contributed by atoms with van der Waals surface area (Å²) in [6.45, 7) is 7.15. The second-order valence-corrected chi connectivity index (χ2v) is 9.70. The van der Waals surface area contributed by atoms with Gasteiger partial charge in [0.25, 0.3) is 0 Å². The first kappa shape index (κ1) is 10.3. The van der Waals surface area contributed by atoms with Gasteiger partial charge < -0.3 is 4.90 Å². The van der Waals surface area contributed by atoms with Crippen molar-refractivity contribution in [2.45, 2.75) is 19.6 Å². The molecule has 0 aromatic heterocycles. The minimum absolute atomic E-state index is 1.18. The summed E-state index contributed by atoms with van der Waals surface area (Å²) in [5.74, 6) is 0. The van der Waals surface area contributed by atoms with E-state index < -0.39 is 8.07 Å². The van der Waals surface area contributed by atoms with Crippen LogP contribution in [0.2, 0.25) is 19.6 Å². The number of anilines is 1. The summed E-state index contributed by atoms with van der Waals surface area (Å²) >= 11 is 0. The van der Waals surface area contributed by atoms with E-state index in [1.165, 1.54) is 5.69 Å². The van der Waals surface area contributed by atoms with E-state index in [0.717, 1.165) is 0 Å². The third kappa shape index (κ3) is 2.34. The van der Waals surface area contributed by atoms with Gasteiger partial charge in [0.15, 0.2) is 0 Å². The molecule has 0 N–H and O–H groups in total. The van der Waals surface area contributed by atoms with Gasteiger partial charge in [0, 0.05) is 19.8 Å². The highest BCUT2D eigenvalue weighted by Gasteiger charge is 2.20. The first-order valence-corrected chi connectivity index (χ1v) is 8.20. The van der Waals surface area contributed by atoms with E-state index in [1.54, 1.807) is 5.19 Å². The van der Waals surface area contributed by atoms with Crippen molar-refractivity contribution in [3.05, 3.63) is 24.3 Å². The molecule has 0 unspecified atom stereocenters. The summed E-state index contributed by atoms with van der Waals surface area (Å²) in [4.78, 5) is 2.20. The van der Waals surface area contributed by atoms with E-state index in [-0.39, 0.29) is 0 Å². The van der Waals surface area contributed by atoms with Gasteiger partial charge in [-0.1, -0.05) is 37.8 Å². The van der Waals surface area contributed by atoms with Crippen LogP contribution < -0.4 is 10.1 Å². The lowest BCUT2D eigenvalue weighted by Gasteiger charge is -2.24. The number of benzene rings is 1. The maximum Gasteiger partial charge on any atom is 0.0803 e. The van der Waals surface area contributed by atoms with Crippen molar-refractivity contribution in [1.82, 2.24) is 0 Å².